The summed E-state index contributed by atoms with van der Waals surface area (Å²) in [5, 5.41) is 0. The zero-order valence-electron chi connectivity index (χ0n) is 4.61. The topological polar surface area (TPSA) is 54.4 Å². The van der Waals surface area contributed by atoms with E-state index in [4.69, 9.17) is 4.55 Å². The molecule has 0 aliphatic heterocycles. The fraction of sp³-hybridized carbons (Fsp3) is 0. The summed E-state index contributed by atoms with van der Waals surface area (Å²) in [6, 6.07) is 2.90. The third-order valence-electron chi connectivity index (χ3n) is 0.803. The summed E-state index contributed by atoms with van der Waals surface area (Å²) in [6.07, 6.45) is 0. The molecule has 3 nitrogen and oxygen atoms in total. The van der Waals surface area contributed by atoms with Crippen LogP contribution < -0.4 is 0 Å². The average Bonchev–Trinajstić information content (AvgIpc) is 2.11. The van der Waals surface area contributed by atoms with E-state index in [1.807, 2.05) is 0 Å². The Bertz CT molecular complexity index is 331. The predicted molar refractivity (Wildman–Crippen MR) is 49.0 cm³/mol. The molecule has 11 heavy (non-hydrogen) atoms. The Hall–Kier alpha value is 1.09. The van der Waals surface area contributed by atoms with E-state index in [2.05, 4.69) is 15.9 Å². The zero-order valence-corrected chi connectivity index (χ0v) is 7.83. The Morgan fingerprint density at radius 2 is 2.00 bits per heavy atom. The van der Waals surface area contributed by atoms with Crippen molar-refractivity contribution < 1.29 is 13.0 Å². The van der Waals surface area contributed by atoms with Crippen LogP contribution in [0.5, 0.6) is 0 Å². The zero-order chi connectivity index (χ0) is 7.78. The summed E-state index contributed by atoms with van der Waals surface area (Å²) in [6.45, 7) is 0. The number of thiophene rings is 1. The van der Waals surface area contributed by atoms with E-state index in [0.717, 1.165) is 11.3 Å². The molecule has 0 aliphatic rings. The van der Waals surface area contributed by atoms with Crippen LogP contribution in [0.2, 0.25) is 0 Å². The summed E-state index contributed by atoms with van der Waals surface area (Å²) in [7, 11) is -3.99. The summed E-state index contributed by atoms with van der Waals surface area (Å²) >= 11 is 4.04. The van der Waals surface area contributed by atoms with Crippen molar-refractivity contribution >= 4 is 66.9 Å². The monoisotopic (exact) mass is 266 g/mol. The summed E-state index contributed by atoms with van der Waals surface area (Å²) in [5.74, 6) is 0. The molecule has 0 aliphatic carbocycles. The normalized spacial score (nSPS) is 10.7. The minimum atomic E-state index is -3.99. The van der Waals surface area contributed by atoms with Gasteiger partial charge in [-0.05, 0) is 28.1 Å². The summed E-state index contributed by atoms with van der Waals surface area (Å²) in [4.78, 5) is 0. The van der Waals surface area contributed by atoms with Crippen molar-refractivity contribution in [2.24, 2.45) is 0 Å². The van der Waals surface area contributed by atoms with Crippen LogP contribution in [0.1, 0.15) is 0 Å². The number of rotatable bonds is 1. The molecule has 0 unspecified atom stereocenters. The van der Waals surface area contributed by atoms with Gasteiger partial charge in [0.15, 0.2) is 0 Å². The first-order valence-corrected chi connectivity index (χ1v) is 5.28. The van der Waals surface area contributed by atoms with Crippen molar-refractivity contribution in [3.05, 3.63) is 15.9 Å². The van der Waals surface area contributed by atoms with Crippen LogP contribution in [0.4, 0.5) is 0 Å². The molecule has 0 radical (unpaired) electrons. The second-order valence-electron chi connectivity index (χ2n) is 1.53. The van der Waals surface area contributed by atoms with E-state index in [1.165, 1.54) is 6.07 Å². The van der Waals surface area contributed by atoms with Crippen molar-refractivity contribution in [1.29, 1.82) is 0 Å². The average molecular weight is 267 g/mol. The van der Waals surface area contributed by atoms with Gasteiger partial charge in [-0.2, -0.15) is 8.42 Å². The van der Waals surface area contributed by atoms with Gasteiger partial charge in [-0.1, -0.05) is 0 Å². The first-order chi connectivity index (χ1) is 4.50. The van der Waals surface area contributed by atoms with Crippen LogP contribution in [0, 0.1) is 0 Å². The molecule has 0 fully saturated rings. The van der Waals surface area contributed by atoms with Crippen molar-refractivity contribution in [3.63, 3.8) is 0 Å². The SMILES string of the molecule is O=S(=O)(O)c1ccc(Br)s1.[NaH]. The van der Waals surface area contributed by atoms with Crippen molar-refractivity contribution in [2.75, 3.05) is 0 Å². The molecule has 58 valence electrons. The summed E-state index contributed by atoms with van der Waals surface area (Å²) in [5.41, 5.74) is 0. The van der Waals surface area contributed by atoms with Crippen LogP contribution in [-0.4, -0.2) is 42.5 Å². The molecule has 0 saturated heterocycles. The maximum atomic E-state index is 10.4. The van der Waals surface area contributed by atoms with Crippen molar-refractivity contribution in [3.8, 4) is 0 Å². The fourth-order valence-electron chi connectivity index (χ4n) is 0.436. The van der Waals surface area contributed by atoms with Crippen LogP contribution in [-0.2, 0) is 10.1 Å². The molecule has 0 spiro atoms. The Morgan fingerprint density at radius 3 is 2.18 bits per heavy atom. The predicted octanol–water partition coefficient (Wildman–Crippen LogP) is 1.11. The van der Waals surface area contributed by atoms with Gasteiger partial charge >= 0.3 is 39.7 Å². The Labute approximate surface area is 99.0 Å². The third-order valence-corrected chi connectivity index (χ3v) is 3.75. The van der Waals surface area contributed by atoms with Crippen LogP contribution in [0.25, 0.3) is 0 Å². The molecule has 0 amide bonds. The van der Waals surface area contributed by atoms with Gasteiger partial charge in [0.05, 0.1) is 3.79 Å². The second-order valence-corrected chi connectivity index (χ2v) is 5.65. The molecule has 1 aromatic rings. The molecule has 1 aromatic heterocycles. The van der Waals surface area contributed by atoms with E-state index in [0.29, 0.717) is 3.79 Å². The maximum absolute atomic E-state index is 10.4. The minimum absolute atomic E-state index is 0. The number of hydrogen-bond acceptors (Lipinski definition) is 3. The van der Waals surface area contributed by atoms with Gasteiger partial charge in [-0.15, -0.1) is 11.3 Å². The van der Waals surface area contributed by atoms with Gasteiger partial charge < -0.3 is 0 Å². The third kappa shape index (κ3) is 3.54. The molecule has 1 N–H and O–H groups in total. The van der Waals surface area contributed by atoms with Crippen molar-refractivity contribution in [1.82, 2.24) is 0 Å². The van der Waals surface area contributed by atoms with Crippen LogP contribution >= 0.6 is 27.3 Å². The standard InChI is InChI=1S/C4H3BrO3S2.Na.H/c5-3-1-2-4(9-3)10(6,7)8;;/h1-2H,(H,6,7,8);;. The molecule has 7 heteroatoms. The van der Waals surface area contributed by atoms with Gasteiger partial charge in [0.25, 0.3) is 0 Å². The second kappa shape index (κ2) is 4.36. The molecule has 1 rings (SSSR count). The first-order valence-electron chi connectivity index (χ1n) is 2.23. The van der Waals surface area contributed by atoms with E-state index in [9.17, 15) is 8.42 Å². The van der Waals surface area contributed by atoms with E-state index in [1.54, 1.807) is 6.07 Å². The molecular weight excluding hydrogens is 263 g/mol. The summed E-state index contributed by atoms with van der Waals surface area (Å²) < 4.78 is 29.9. The Morgan fingerprint density at radius 1 is 1.45 bits per heavy atom. The number of halogens is 1. The van der Waals surface area contributed by atoms with E-state index in [-0.39, 0.29) is 33.8 Å². The van der Waals surface area contributed by atoms with Gasteiger partial charge in [-0.25, -0.2) is 0 Å². The van der Waals surface area contributed by atoms with E-state index >= 15 is 0 Å². The number of hydrogen-bond donors (Lipinski definition) is 1. The fourth-order valence-corrected chi connectivity index (χ4v) is 2.81. The molecule has 0 atom stereocenters. The van der Waals surface area contributed by atoms with Gasteiger partial charge in [0, 0.05) is 0 Å². The molecular formula is C4H4BrNaO3S2. The molecule has 0 saturated carbocycles. The first kappa shape index (κ1) is 12.1. The van der Waals surface area contributed by atoms with Gasteiger partial charge in [0.2, 0.25) is 0 Å². The van der Waals surface area contributed by atoms with Crippen molar-refractivity contribution in [2.45, 2.75) is 4.21 Å². The Kier molecular flexibility index (Phi) is 4.79. The molecule has 0 aromatic carbocycles. The quantitative estimate of drug-likeness (QED) is 0.612. The van der Waals surface area contributed by atoms with Gasteiger partial charge in [-0.3, -0.25) is 4.55 Å². The van der Waals surface area contributed by atoms with Crippen LogP contribution in [0.3, 0.4) is 0 Å². The van der Waals surface area contributed by atoms with Gasteiger partial charge in [0.1, 0.15) is 4.21 Å². The van der Waals surface area contributed by atoms with Crippen LogP contribution in [0.15, 0.2) is 20.1 Å². The van der Waals surface area contributed by atoms with E-state index < -0.39 is 10.1 Å². The molecule has 1 heterocycles. The molecule has 0 bridgehead atoms. The Balaban J connectivity index is 0.000001000.